The number of anilines is 1. The van der Waals surface area contributed by atoms with E-state index >= 15 is 0 Å². The van der Waals surface area contributed by atoms with Crippen molar-refractivity contribution in [1.29, 1.82) is 0 Å². The van der Waals surface area contributed by atoms with Crippen LogP contribution >= 0.6 is 0 Å². The molecule has 0 aliphatic carbocycles. The average Bonchev–Trinajstić information content (AvgIpc) is 2.83. The Hall–Kier alpha value is -2.57. The topological polar surface area (TPSA) is 95.3 Å². The van der Waals surface area contributed by atoms with Crippen molar-refractivity contribution < 1.29 is 9.90 Å². The fourth-order valence-electron chi connectivity index (χ4n) is 1.95. The number of imidazole rings is 1. The van der Waals surface area contributed by atoms with Crippen LogP contribution in [0, 0.1) is 0 Å². The number of hydrogen-bond donors (Lipinski definition) is 3. The lowest BCUT2D eigenvalue weighted by molar-refractivity contribution is 0.0697. The smallest absolute Gasteiger partial charge is 0.335 e. The summed E-state index contributed by atoms with van der Waals surface area (Å²) in [7, 11) is 0. The number of H-pyrrole nitrogens is 1. The van der Waals surface area contributed by atoms with Gasteiger partial charge in [-0.1, -0.05) is 0 Å². The van der Waals surface area contributed by atoms with Gasteiger partial charge in [0.15, 0.2) is 0 Å². The molecule has 3 aromatic rings. The van der Waals surface area contributed by atoms with Gasteiger partial charge >= 0.3 is 5.97 Å². The third kappa shape index (κ3) is 1.88. The van der Waals surface area contributed by atoms with Crippen LogP contribution in [-0.4, -0.2) is 36.7 Å². The molecule has 0 amide bonds. The minimum absolute atomic E-state index is 0.216. The maximum Gasteiger partial charge on any atom is 0.335 e. The summed E-state index contributed by atoms with van der Waals surface area (Å²) in [6, 6.07) is 5.07. The van der Waals surface area contributed by atoms with E-state index in [-0.39, 0.29) is 11.6 Å². The lowest BCUT2D eigenvalue weighted by Gasteiger charge is -2.04. The van der Waals surface area contributed by atoms with E-state index in [9.17, 15) is 4.79 Å². The number of carboxylic acid groups (broad SMARTS) is 1. The van der Waals surface area contributed by atoms with Crippen molar-refractivity contribution in [3.05, 3.63) is 23.8 Å². The van der Waals surface area contributed by atoms with Crippen LogP contribution in [0.2, 0.25) is 0 Å². The van der Waals surface area contributed by atoms with Crippen molar-refractivity contribution >= 4 is 28.7 Å². The summed E-state index contributed by atoms with van der Waals surface area (Å²) in [5, 5.41) is 15.2. The third-order valence-electron chi connectivity index (χ3n) is 2.74. The lowest BCUT2D eigenvalue weighted by atomic mass is 10.2. The maximum absolute atomic E-state index is 10.9. The van der Waals surface area contributed by atoms with E-state index in [1.807, 2.05) is 13.8 Å². The van der Waals surface area contributed by atoms with E-state index in [0.717, 1.165) is 5.52 Å². The third-order valence-corrected chi connectivity index (χ3v) is 2.74. The van der Waals surface area contributed by atoms with Gasteiger partial charge in [0.2, 0.25) is 5.95 Å². The van der Waals surface area contributed by atoms with Gasteiger partial charge in [-0.2, -0.15) is 4.98 Å². The minimum atomic E-state index is -0.964. The van der Waals surface area contributed by atoms with Gasteiger partial charge in [0, 0.05) is 6.04 Å². The highest BCUT2D eigenvalue weighted by Crippen LogP contribution is 2.18. The van der Waals surface area contributed by atoms with Crippen LogP contribution in [0.5, 0.6) is 0 Å². The van der Waals surface area contributed by atoms with Gasteiger partial charge in [0.25, 0.3) is 5.78 Å². The molecule has 2 aromatic heterocycles. The zero-order chi connectivity index (χ0) is 13.6. The molecule has 0 spiro atoms. The Labute approximate surface area is 108 Å². The molecule has 0 unspecified atom stereocenters. The predicted octanol–water partition coefficient (Wildman–Crippen LogP) is 1.73. The van der Waals surface area contributed by atoms with Gasteiger partial charge < -0.3 is 10.4 Å². The number of fused-ring (bicyclic) bond motifs is 3. The molecule has 0 fully saturated rings. The van der Waals surface area contributed by atoms with Crippen LogP contribution in [0.15, 0.2) is 18.2 Å². The first-order chi connectivity index (χ1) is 9.04. The van der Waals surface area contributed by atoms with Gasteiger partial charge in [-0.15, -0.1) is 0 Å². The van der Waals surface area contributed by atoms with Crippen LogP contribution in [0.1, 0.15) is 24.2 Å². The number of nitrogens with zero attached hydrogens (tertiary/aromatic N) is 3. The largest absolute Gasteiger partial charge is 0.478 e. The van der Waals surface area contributed by atoms with Crippen molar-refractivity contribution in [1.82, 2.24) is 19.6 Å². The molecular weight excluding hydrogens is 246 g/mol. The van der Waals surface area contributed by atoms with E-state index in [1.165, 1.54) is 6.07 Å². The number of carboxylic acids is 1. The van der Waals surface area contributed by atoms with E-state index in [4.69, 9.17) is 5.11 Å². The Kier molecular flexibility index (Phi) is 2.41. The average molecular weight is 259 g/mol. The van der Waals surface area contributed by atoms with Gasteiger partial charge in [0.05, 0.1) is 16.6 Å². The Morgan fingerprint density at radius 1 is 1.42 bits per heavy atom. The van der Waals surface area contributed by atoms with Gasteiger partial charge in [-0.25, -0.2) is 14.3 Å². The van der Waals surface area contributed by atoms with Crippen molar-refractivity contribution in [2.75, 3.05) is 5.32 Å². The molecular formula is C12H13N5O2. The highest BCUT2D eigenvalue weighted by Gasteiger charge is 2.12. The molecule has 7 nitrogen and oxygen atoms in total. The van der Waals surface area contributed by atoms with E-state index in [0.29, 0.717) is 17.2 Å². The number of aromatic amines is 1. The zero-order valence-corrected chi connectivity index (χ0v) is 10.5. The molecule has 0 aliphatic rings. The first-order valence-corrected chi connectivity index (χ1v) is 5.92. The number of rotatable bonds is 3. The summed E-state index contributed by atoms with van der Waals surface area (Å²) in [4.78, 5) is 19.5. The Balaban J connectivity index is 2.14. The second kappa shape index (κ2) is 3.98. The van der Waals surface area contributed by atoms with Crippen molar-refractivity contribution in [3.8, 4) is 0 Å². The molecule has 7 heteroatoms. The number of hydrogen-bond acceptors (Lipinski definition) is 4. The molecule has 0 bridgehead atoms. The predicted molar refractivity (Wildman–Crippen MR) is 70.6 cm³/mol. The van der Waals surface area contributed by atoms with E-state index < -0.39 is 5.97 Å². The quantitative estimate of drug-likeness (QED) is 0.665. The van der Waals surface area contributed by atoms with Crippen LogP contribution in [-0.2, 0) is 0 Å². The molecule has 3 N–H and O–H groups in total. The van der Waals surface area contributed by atoms with Gasteiger partial charge in [-0.05, 0) is 32.0 Å². The van der Waals surface area contributed by atoms with E-state index in [2.05, 4.69) is 20.4 Å². The second-order valence-electron chi connectivity index (χ2n) is 4.63. The number of nitrogens with one attached hydrogen (secondary N) is 2. The number of carbonyl (C=O) groups is 1. The summed E-state index contributed by atoms with van der Waals surface area (Å²) < 4.78 is 1.73. The highest BCUT2D eigenvalue weighted by atomic mass is 16.4. The summed E-state index contributed by atoms with van der Waals surface area (Å²) in [6.45, 7) is 4.03. The molecule has 0 radical (unpaired) electrons. The number of benzene rings is 1. The SMILES string of the molecule is CC(C)Nc1nc2nc3cc(C(=O)O)ccc3n2[nH]1. The van der Waals surface area contributed by atoms with Crippen molar-refractivity contribution in [2.45, 2.75) is 19.9 Å². The Morgan fingerprint density at radius 3 is 2.89 bits per heavy atom. The summed E-state index contributed by atoms with van der Waals surface area (Å²) in [6.07, 6.45) is 0. The van der Waals surface area contributed by atoms with Gasteiger partial charge in [0.1, 0.15) is 0 Å². The molecule has 0 atom stereocenters. The molecule has 98 valence electrons. The van der Waals surface area contributed by atoms with Crippen LogP contribution in [0.4, 0.5) is 5.95 Å². The molecule has 0 saturated heterocycles. The summed E-state index contributed by atoms with van der Waals surface area (Å²) in [5.41, 5.74) is 1.62. The summed E-state index contributed by atoms with van der Waals surface area (Å²) >= 11 is 0. The highest BCUT2D eigenvalue weighted by molar-refractivity contribution is 5.93. The lowest BCUT2D eigenvalue weighted by Crippen LogP contribution is -2.11. The Bertz CT molecular complexity index is 771. The summed E-state index contributed by atoms with van der Waals surface area (Å²) in [5.74, 6) is 0.191. The molecule has 0 saturated carbocycles. The van der Waals surface area contributed by atoms with Gasteiger partial charge in [-0.3, -0.25) is 5.10 Å². The van der Waals surface area contributed by atoms with Crippen LogP contribution in [0.25, 0.3) is 16.8 Å². The zero-order valence-electron chi connectivity index (χ0n) is 10.5. The van der Waals surface area contributed by atoms with E-state index in [1.54, 1.807) is 16.6 Å². The molecule has 2 heterocycles. The fraction of sp³-hybridized carbons (Fsp3) is 0.250. The monoisotopic (exact) mass is 259 g/mol. The molecule has 3 rings (SSSR count). The van der Waals surface area contributed by atoms with Crippen LogP contribution in [0.3, 0.4) is 0 Å². The van der Waals surface area contributed by atoms with Crippen LogP contribution < -0.4 is 5.32 Å². The maximum atomic E-state index is 10.9. The van der Waals surface area contributed by atoms with Crippen molar-refractivity contribution in [2.24, 2.45) is 0 Å². The second-order valence-corrected chi connectivity index (χ2v) is 4.63. The van der Waals surface area contributed by atoms with Crippen molar-refractivity contribution in [3.63, 3.8) is 0 Å². The first-order valence-electron chi connectivity index (χ1n) is 5.92. The Morgan fingerprint density at radius 2 is 2.21 bits per heavy atom. The normalized spacial score (nSPS) is 11.5. The molecule has 19 heavy (non-hydrogen) atoms. The first kappa shape index (κ1) is 11.5. The standard InChI is InChI=1S/C12H13N5O2/c1-6(2)13-11-15-12-14-8-5-7(10(18)19)3-4-9(8)17(12)16-11/h3-6H,1-2H3,(H,18,19)(H2,13,14,15,16). The fourth-order valence-corrected chi connectivity index (χ4v) is 1.95. The molecule has 1 aromatic carbocycles. The minimum Gasteiger partial charge on any atom is -0.478 e. The molecule has 0 aliphatic heterocycles. The number of aromatic carboxylic acids is 1. The number of aromatic nitrogens is 4.